The summed E-state index contributed by atoms with van der Waals surface area (Å²) in [6.45, 7) is 6.71. The van der Waals surface area contributed by atoms with Crippen molar-refractivity contribution in [3.05, 3.63) is 36.2 Å². The SMILES string of the molecule is CC(C)(C)Cc1ccnc2cccnc12. The first-order valence-corrected chi connectivity index (χ1v) is 5.25. The highest BCUT2D eigenvalue weighted by atomic mass is 14.7. The molecule has 0 aliphatic carbocycles. The number of hydrogen-bond acceptors (Lipinski definition) is 2. The van der Waals surface area contributed by atoms with E-state index in [1.807, 2.05) is 24.5 Å². The third-order valence-electron chi connectivity index (χ3n) is 2.30. The van der Waals surface area contributed by atoms with Crippen LogP contribution in [0.25, 0.3) is 11.0 Å². The van der Waals surface area contributed by atoms with Crippen molar-refractivity contribution in [1.82, 2.24) is 9.97 Å². The highest BCUT2D eigenvalue weighted by Gasteiger charge is 2.13. The lowest BCUT2D eigenvalue weighted by Crippen LogP contribution is -2.09. The molecule has 2 rings (SSSR count). The van der Waals surface area contributed by atoms with Crippen LogP contribution in [0, 0.1) is 5.41 Å². The Bertz CT molecular complexity index is 464. The second-order valence-electron chi connectivity index (χ2n) is 5.08. The molecule has 0 radical (unpaired) electrons. The molecule has 0 spiro atoms. The van der Waals surface area contributed by atoms with Gasteiger partial charge in [0, 0.05) is 12.4 Å². The Kier molecular flexibility index (Phi) is 2.43. The first-order chi connectivity index (χ1) is 7.06. The normalized spacial score (nSPS) is 11.9. The Balaban J connectivity index is 2.52. The molecule has 0 saturated carbocycles. The van der Waals surface area contributed by atoms with Crippen LogP contribution < -0.4 is 0 Å². The van der Waals surface area contributed by atoms with Gasteiger partial charge >= 0.3 is 0 Å². The average Bonchev–Trinajstić information content (AvgIpc) is 2.16. The number of rotatable bonds is 1. The molecular formula is C13H16N2. The molecule has 0 amide bonds. The minimum atomic E-state index is 0.284. The van der Waals surface area contributed by atoms with E-state index in [1.165, 1.54) is 5.56 Å². The fourth-order valence-corrected chi connectivity index (χ4v) is 1.75. The van der Waals surface area contributed by atoms with Gasteiger partial charge in [-0.3, -0.25) is 9.97 Å². The van der Waals surface area contributed by atoms with Gasteiger partial charge in [-0.05, 0) is 35.6 Å². The predicted octanol–water partition coefficient (Wildman–Crippen LogP) is 3.22. The molecule has 2 nitrogen and oxygen atoms in total. The first-order valence-electron chi connectivity index (χ1n) is 5.25. The van der Waals surface area contributed by atoms with Crippen LogP contribution in [0.5, 0.6) is 0 Å². The number of pyridine rings is 2. The molecule has 0 fully saturated rings. The van der Waals surface area contributed by atoms with Crippen LogP contribution in [0.2, 0.25) is 0 Å². The summed E-state index contributed by atoms with van der Waals surface area (Å²) in [6.07, 6.45) is 4.73. The van der Waals surface area contributed by atoms with Gasteiger partial charge in [-0.1, -0.05) is 20.8 Å². The van der Waals surface area contributed by atoms with Gasteiger partial charge in [0.05, 0.1) is 11.0 Å². The summed E-state index contributed by atoms with van der Waals surface area (Å²) in [5.41, 5.74) is 3.59. The van der Waals surface area contributed by atoms with E-state index < -0.39 is 0 Å². The minimum Gasteiger partial charge on any atom is -0.255 e. The Morgan fingerprint density at radius 3 is 2.60 bits per heavy atom. The molecule has 2 heteroatoms. The number of nitrogens with zero attached hydrogens (tertiary/aromatic N) is 2. The fraction of sp³-hybridized carbons (Fsp3) is 0.385. The van der Waals surface area contributed by atoms with Crippen LogP contribution in [0.1, 0.15) is 26.3 Å². The van der Waals surface area contributed by atoms with Gasteiger partial charge in [0.1, 0.15) is 0 Å². The van der Waals surface area contributed by atoms with Crippen molar-refractivity contribution in [3.8, 4) is 0 Å². The number of hydrogen-bond donors (Lipinski definition) is 0. The lowest BCUT2D eigenvalue weighted by atomic mass is 9.88. The molecule has 0 aromatic carbocycles. The maximum atomic E-state index is 4.40. The van der Waals surface area contributed by atoms with Crippen molar-refractivity contribution in [1.29, 1.82) is 0 Å². The highest BCUT2D eigenvalue weighted by molar-refractivity contribution is 5.77. The first kappa shape index (κ1) is 10.1. The van der Waals surface area contributed by atoms with Crippen molar-refractivity contribution in [2.24, 2.45) is 5.41 Å². The van der Waals surface area contributed by atoms with Crippen molar-refractivity contribution in [2.45, 2.75) is 27.2 Å². The van der Waals surface area contributed by atoms with Gasteiger partial charge in [-0.25, -0.2) is 0 Å². The standard InChI is InChI=1S/C13H16N2/c1-13(2,3)9-10-6-8-14-11-5-4-7-15-12(10)11/h4-8H,9H2,1-3H3. The number of fused-ring (bicyclic) bond motifs is 1. The Hall–Kier alpha value is -1.44. The van der Waals surface area contributed by atoms with Crippen LogP contribution in [0.4, 0.5) is 0 Å². The molecule has 2 aromatic heterocycles. The quantitative estimate of drug-likeness (QED) is 0.706. The topological polar surface area (TPSA) is 25.8 Å². The molecule has 0 bridgehead atoms. The maximum absolute atomic E-state index is 4.40. The van der Waals surface area contributed by atoms with E-state index in [-0.39, 0.29) is 5.41 Å². The summed E-state index contributed by atoms with van der Waals surface area (Å²) in [5, 5.41) is 0. The van der Waals surface area contributed by atoms with Gasteiger partial charge in [-0.15, -0.1) is 0 Å². The summed E-state index contributed by atoms with van der Waals surface area (Å²) in [4.78, 5) is 8.71. The molecule has 0 aliphatic heterocycles. The fourth-order valence-electron chi connectivity index (χ4n) is 1.75. The molecule has 78 valence electrons. The van der Waals surface area contributed by atoms with E-state index in [2.05, 4.69) is 36.8 Å². The van der Waals surface area contributed by atoms with Gasteiger partial charge in [0.15, 0.2) is 0 Å². The average molecular weight is 200 g/mol. The van der Waals surface area contributed by atoms with Crippen LogP contribution in [-0.4, -0.2) is 9.97 Å². The molecular weight excluding hydrogens is 184 g/mol. The smallest absolute Gasteiger partial charge is 0.0918 e. The van der Waals surface area contributed by atoms with Gasteiger partial charge < -0.3 is 0 Å². The van der Waals surface area contributed by atoms with Gasteiger partial charge in [-0.2, -0.15) is 0 Å². The monoisotopic (exact) mass is 200 g/mol. The van der Waals surface area contributed by atoms with Crippen molar-refractivity contribution in [3.63, 3.8) is 0 Å². The van der Waals surface area contributed by atoms with E-state index in [1.54, 1.807) is 0 Å². The zero-order valence-electron chi connectivity index (χ0n) is 9.49. The number of aromatic nitrogens is 2. The Morgan fingerprint density at radius 1 is 1.07 bits per heavy atom. The van der Waals surface area contributed by atoms with E-state index in [0.29, 0.717) is 0 Å². The van der Waals surface area contributed by atoms with Crippen LogP contribution in [0.3, 0.4) is 0 Å². The zero-order valence-corrected chi connectivity index (χ0v) is 9.49. The van der Waals surface area contributed by atoms with E-state index in [0.717, 1.165) is 17.5 Å². The van der Waals surface area contributed by atoms with Crippen LogP contribution in [0.15, 0.2) is 30.6 Å². The van der Waals surface area contributed by atoms with Crippen molar-refractivity contribution in [2.75, 3.05) is 0 Å². The van der Waals surface area contributed by atoms with Crippen LogP contribution >= 0.6 is 0 Å². The summed E-state index contributed by atoms with van der Waals surface area (Å²) in [7, 11) is 0. The molecule has 0 saturated heterocycles. The molecule has 0 unspecified atom stereocenters. The largest absolute Gasteiger partial charge is 0.255 e. The molecule has 0 aliphatic rings. The lowest BCUT2D eigenvalue weighted by Gasteiger charge is -2.18. The third-order valence-corrected chi connectivity index (χ3v) is 2.30. The van der Waals surface area contributed by atoms with E-state index in [9.17, 15) is 0 Å². The Morgan fingerprint density at radius 2 is 1.87 bits per heavy atom. The highest BCUT2D eigenvalue weighted by Crippen LogP contribution is 2.24. The third kappa shape index (κ3) is 2.32. The second kappa shape index (κ2) is 3.61. The van der Waals surface area contributed by atoms with Crippen LogP contribution in [-0.2, 0) is 6.42 Å². The summed E-state index contributed by atoms with van der Waals surface area (Å²) >= 11 is 0. The zero-order chi connectivity index (χ0) is 10.9. The van der Waals surface area contributed by atoms with Crippen molar-refractivity contribution >= 4 is 11.0 Å². The van der Waals surface area contributed by atoms with E-state index in [4.69, 9.17) is 0 Å². The maximum Gasteiger partial charge on any atom is 0.0918 e. The molecule has 2 aromatic rings. The summed E-state index contributed by atoms with van der Waals surface area (Å²) in [5.74, 6) is 0. The lowest BCUT2D eigenvalue weighted by molar-refractivity contribution is 0.412. The second-order valence-corrected chi connectivity index (χ2v) is 5.08. The van der Waals surface area contributed by atoms with Gasteiger partial charge in [0.2, 0.25) is 0 Å². The summed E-state index contributed by atoms with van der Waals surface area (Å²) < 4.78 is 0. The van der Waals surface area contributed by atoms with Gasteiger partial charge in [0.25, 0.3) is 0 Å². The Labute approximate surface area is 90.4 Å². The minimum absolute atomic E-state index is 0.284. The predicted molar refractivity (Wildman–Crippen MR) is 62.7 cm³/mol. The molecule has 15 heavy (non-hydrogen) atoms. The molecule has 0 atom stereocenters. The summed E-state index contributed by atoms with van der Waals surface area (Å²) in [6, 6.07) is 6.01. The molecule has 0 N–H and O–H groups in total. The van der Waals surface area contributed by atoms with Crippen molar-refractivity contribution < 1.29 is 0 Å². The van der Waals surface area contributed by atoms with E-state index >= 15 is 0 Å². The molecule has 2 heterocycles.